The second kappa shape index (κ2) is 9.78. The molecule has 1 heterocycles. The number of nitrogens with one attached hydrogen (secondary N) is 2. The van der Waals surface area contributed by atoms with Crippen LogP contribution in [0.25, 0.3) is 0 Å². The summed E-state index contributed by atoms with van der Waals surface area (Å²) < 4.78 is 16.8. The van der Waals surface area contributed by atoms with Crippen LogP contribution in [-0.4, -0.2) is 32.2 Å². The Morgan fingerprint density at radius 3 is 2.28 bits per heavy atom. The number of carbonyl (C=O) groups excluding carboxylic acids is 1. The smallest absolute Gasteiger partial charge is 0.172 e. The molecule has 3 aromatic carbocycles. The van der Waals surface area contributed by atoms with Gasteiger partial charge in [-0.15, -0.1) is 0 Å². The van der Waals surface area contributed by atoms with E-state index < -0.39 is 6.04 Å². The molecular weight excluding hydrogens is 524 g/mol. The number of methoxy groups -OCH3 is 3. The highest BCUT2D eigenvalue weighted by Gasteiger charge is 2.36. The molecule has 1 aliphatic heterocycles. The minimum Gasteiger partial charge on any atom is -0.503 e. The van der Waals surface area contributed by atoms with Crippen LogP contribution in [0, 0.1) is 0 Å². The van der Waals surface area contributed by atoms with E-state index in [1.54, 1.807) is 20.3 Å². The Balaban J connectivity index is 1.61. The number of benzene rings is 3. The van der Waals surface area contributed by atoms with Crippen molar-refractivity contribution >= 4 is 33.1 Å². The molecule has 36 heavy (non-hydrogen) atoms. The van der Waals surface area contributed by atoms with Crippen molar-refractivity contribution in [3.05, 3.63) is 81.5 Å². The number of halogens is 1. The molecule has 8 heteroatoms. The number of Topliss-reactive ketones (excluding diaryl/α,β-unsaturated/α-hetero) is 1. The van der Waals surface area contributed by atoms with Gasteiger partial charge in [-0.1, -0.05) is 18.2 Å². The van der Waals surface area contributed by atoms with Gasteiger partial charge in [-0.05, 0) is 75.8 Å². The molecule has 3 aromatic rings. The number of anilines is 2. The maximum absolute atomic E-state index is 13.8. The number of carbonyl (C=O) groups is 1. The van der Waals surface area contributed by atoms with E-state index in [1.165, 1.54) is 7.11 Å². The van der Waals surface area contributed by atoms with Gasteiger partial charge in [0.1, 0.15) is 0 Å². The summed E-state index contributed by atoms with van der Waals surface area (Å²) in [4.78, 5) is 13.8. The largest absolute Gasteiger partial charge is 0.503 e. The van der Waals surface area contributed by atoms with Crippen LogP contribution in [0.3, 0.4) is 0 Å². The summed E-state index contributed by atoms with van der Waals surface area (Å²) >= 11 is 3.43. The topological polar surface area (TPSA) is 89.1 Å². The molecule has 0 amide bonds. The van der Waals surface area contributed by atoms with Gasteiger partial charge in [-0.2, -0.15) is 0 Å². The standard InChI is InChI=1S/C28H27BrN2O5/c1-34-23-9-8-15(13-24(23)35-2)16-11-21-26(22(32)12-16)27(31-20-7-5-4-6-19(20)30-21)17-10-18(29)28(33)25(14-17)36-3/h4-10,13-14,16,27,30-31,33H,11-12H2,1-3H3. The van der Waals surface area contributed by atoms with Crippen molar-refractivity contribution in [3.8, 4) is 23.0 Å². The van der Waals surface area contributed by atoms with Crippen LogP contribution < -0.4 is 24.8 Å². The van der Waals surface area contributed by atoms with E-state index in [0.29, 0.717) is 40.1 Å². The Bertz CT molecular complexity index is 1370. The summed E-state index contributed by atoms with van der Waals surface area (Å²) in [6.45, 7) is 0. The average Bonchev–Trinajstić information content (AvgIpc) is 3.06. The maximum Gasteiger partial charge on any atom is 0.172 e. The SMILES string of the molecule is COc1ccc(C2CC(=O)C3=C(C2)Nc2ccccc2NC3c2cc(Br)c(O)c(OC)c2)cc1OC. The molecule has 0 fully saturated rings. The summed E-state index contributed by atoms with van der Waals surface area (Å²) in [5.74, 6) is 1.68. The molecule has 0 spiro atoms. The number of hydrogen-bond donors (Lipinski definition) is 3. The molecule has 0 saturated carbocycles. The van der Waals surface area contributed by atoms with Crippen molar-refractivity contribution in [1.82, 2.24) is 0 Å². The fourth-order valence-corrected chi connectivity index (χ4v) is 5.46. The predicted molar refractivity (Wildman–Crippen MR) is 142 cm³/mol. The third-order valence-corrected chi connectivity index (χ3v) is 7.40. The summed E-state index contributed by atoms with van der Waals surface area (Å²) in [5, 5.41) is 17.5. The first-order chi connectivity index (χ1) is 17.4. The van der Waals surface area contributed by atoms with Gasteiger partial charge in [0, 0.05) is 17.7 Å². The minimum absolute atomic E-state index is 0.0180. The van der Waals surface area contributed by atoms with Crippen LogP contribution in [0.5, 0.6) is 23.0 Å². The molecule has 5 rings (SSSR count). The molecule has 0 radical (unpaired) electrons. The van der Waals surface area contributed by atoms with E-state index >= 15 is 0 Å². The highest BCUT2D eigenvalue weighted by molar-refractivity contribution is 9.10. The summed E-state index contributed by atoms with van der Waals surface area (Å²) in [6, 6.07) is 16.9. The number of phenols is 1. The van der Waals surface area contributed by atoms with Gasteiger partial charge in [0.2, 0.25) is 0 Å². The van der Waals surface area contributed by atoms with E-state index in [0.717, 1.165) is 28.2 Å². The van der Waals surface area contributed by atoms with Gasteiger partial charge in [0.15, 0.2) is 28.8 Å². The van der Waals surface area contributed by atoms with Crippen LogP contribution in [0.2, 0.25) is 0 Å². The number of aromatic hydroxyl groups is 1. The predicted octanol–water partition coefficient (Wildman–Crippen LogP) is 6.16. The van der Waals surface area contributed by atoms with E-state index in [2.05, 4.69) is 26.6 Å². The third-order valence-electron chi connectivity index (χ3n) is 6.79. The Morgan fingerprint density at radius 1 is 0.861 bits per heavy atom. The number of phenolic OH excluding ortho intramolecular Hbond substituents is 1. The van der Waals surface area contributed by atoms with Gasteiger partial charge in [0.05, 0.1) is 43.2 Å². The van der Waals surface area contributed by atoms with Gasteiger partial charge < -0.3 is 30.0 Å². The lowest BCUT2D eigenvalue weighted by molar-refractivity contribution is -0.116. The van der Waals surface area contributed by atoms with Crippen molar-refractivity contribution < 1.29 is 24.1 Å². The number of allylic oxidation sites excluding steroid dienone is 1. The molecule has 0 bridgehead atoms. The fourth-order valence-electron chi connectivity index (χ4n) is 5.00. The first kappa shape index (κ1) is 24.1. The Hall–Kier alpha value is -3.65. The molecule has 3 N–H and O–H groups in total. The molecule has 2 aliphatic rings. The lowest BCUT2D eigenvalue weighted by atomic mass is 9.78. The van der Waals surface area contributed by atoms with Gasteiger partial charge in [-0.3, -0.25) is 4.79 Å². The van der Waals surface area contributed by atoms with Gasteiger partial charge >= 0.3 is 0 Å². The Labute approximate surface area is 218 Å². The molecule has 2 atom stereocenters. The lowest BCUT2D eigenvalue weighted by Gasteiger charge is -2.30. The van der Waals surface area contributed by atoms with E-state index in [-0.39, 0.29) is 17.5 Å². The molecule has 2 unspecified atom stereocenters. The van der Waals surface area contributed by atoms with Gasteiger partial charge in [0.25, 0.3) is 0 Å². The van der Waals surface area contributed by atoms with Crippen molar-refractivity contribution in [2.45, 2.75) is 24.8 Å². The quantitative estimate of drug-likeness (QED) is 0.350. The van der Waals surface area contributed by atoms with Crippen molar-refractivity contribution in [2.75, 3.05) is 32.0 Å². The molecule has 1 aliphatic carbocycles. The zero-order valence-corrected chi connectivity index (χ0v) is 21.8. The van der Waals surface area contributed by atoms with Gasteiger partial charge in [-0.25, -0.2) is 0 Å². The number of hydrogen-bond acceptors (Lipinski definition) is 7. The molecule has 0 saturated heterocycles. The Kier molecular flexibility index (Phi) is 6.53. The fraction of sp³-hybridized carbons (Fsp3) is 0.250. The maximum atomic E-state index is 13.8. The zero-order chi connectivity index (χ0) is 25.4. The lowest BCUT2D eigenvalue weighted by Crippen LogP contribution is -2.27. The highest BCUT2D eigenvalue weighted by atomic mass is 79.9. The number of ketones is 1. The van der Waals surface area contributed by atoms with Crippen LogP contribution >= 0.6 is 15.9 Å². The van der Waals surface area contributed by atoms with Crippen LogP contribution in [0.15, 0.2) is 70.3 Å². The third kappa shape index (κ3) is 4.26. The van der Waals surface area contributed by atoms with E-state index in [4.69, 9.17) is 14.2 Å². The van der Waals surface area contributed by atoms with Crippen LogP contribution in [-0.2, 0) is 4.79 Å². The molecule has 7 nitrogen and oxygen atoms in total. The summed E-state index contributed by atoms with van der Waals surface area (Å²) in [7, 11) is 4.72. The van der Waals surface area contributed by atoms with Crippen molar-refractivity contribution in [2.24, 2.45) is 0 Å². The molecule has 0 aromatic heterocycles. The zero-order valence-electron chi connectivity index (χ0n) is 20.2. The normalized spacial score (nSPS) is 18.8. The van der Waals surface area contributed by atoms with E-state index in [1.807, 2.05) is 48.5 Å². The van der Waals surface area contributed by atoms with Crippen molar-refractivity contribution in [1.29, 1.82) is 0 Å². The summed E-state index contributed by atoms with van der Waals surface area (Å²) in [6.07, 6.45) is 1.01. The van der Waals surface area contributed by atoms with Crippen LogP contribution in [0.4, 0.5) is 11.4 Å². The van der Waals surface area contributed by atoms with Crippen LogP contribution in [0.1, 0.15) is 35.9 Å². The monoisotopic (exact) mass is 550 g/mol. The molecule has 186 valence electrons. The second-order valence-electron chi connectivity index (χ2n) is 8.84. The number of rotatable bonds is 5. The second-order valence-corrected chi connectivity index (χ2v) is 9.69. The number of fused-ring (bicyclic) bond motifs is 1. The first-order valence-electron chi connectivity index (χ1n) is 11.6. The Morgan fingerprint density at radius 2 is 1.56 bits per heavy atom. The molecular formula is C28H27BrN2O5. The number of para-hydroxylation sites is 2. The van der Waals surface area contributed by atoms with Crippen molar-refractivity contribution in [3.63, 3.8) is 0 Å². The average molecular weight is 551 g/mol. The first-order valence-corrected chi connectivity index (χ1v) is 12.4. The van der Waals surface area contributed by atoms with E-state index in [9.17, 15) is 9.90 Å². The summed E-state index contributed by atoms with van der Waals surface area (Å²) in [5.41, 5.74) is 5.17. The minimum atomic E-state index is -0.430. The highest BCUT2D eigenvalue weighted by Crippen LogP contribution is 2.47. The number of ether oxygens (including phenoxy) is 3.